The molecule has 3 heterocycles. The van der Waals surface area contributed by atoms with Crippen molar-refractivity contribution in [3.05, 3.63) is 48.3 Å². The topological polar surface area (TPSA) is 83.3 Å². The van der Waals surface area contributed by atoms with Gasteiger partial charge in [0, 0.05) is 30.6 Å². The van der Waals surface area contributed by atoms with E-state index >= 15 is 0 Å². The summed E-state index contributed by atoms with van der Waals surface area (Å²) in [6.07, 6.45) is 1.57. The summed E-state index contributed by atoms with van der Waals surface area (Å²) in [4.78, 5) is 8.09. The van der Waals surface area contributed by atoms with E-state index in [0.29, 0.717) is 31.7 Å². The highest BCUT2D eigenvalue weighted by atomic mass is 32.2. The van der Waals surface area contributed by atoms with Gasteiger partial charge in [-0.3, -0.25) is 0 Å². The molecule has 0 atom stereocenters. The summed E-state index contributed by atoms with van der Waals surface area (Å²) in [6, 6.07) is 7.02. The van der Waals surface area contributed by atoms with Crippen LogP contribution in [0.2, 0.25) is 0 Å². The second-order valence-electron chi connectivity index (χ2n) is 8.27. The Bertz CT molecular complexity index is 1180. The SMILES string of the molecule is CC(C)(C)c1nc2cc(S(=O)(=O)c3ccnc(F)c3)ccc2n1CCC1OCCO1. The van der Waals surface area contributed by atoms with Gasteiger partial charge in [-0.25, -0.2) is 18.4 Å². The fourth-order valence-corrected chi connectivity index (χ4v) is 4.85. The van der Waals surface area contributed by atoms with E-state index < -0.39 is 15.8 Å². The van der Waals surface area contributed by atoms with Gasteiger partial charge in [-0.05, 0) is 24.3 Å². The number of imidazole rings is 1. The maximum absolute atomic E-state index is 13.5. The molecule has 0 radical (unpaired) electrons. The quantitative estimate of drug-likeness (QED) is 0.573. The highest BCUT2D eigenvalue weighted by Crippen LogP contribution is 2.30. The second kappa shape index (κ2) is 7.72. The third kappa shape index (κ3) is 3.97. The zero-order chi connectivity index (χ0) is 21.5. The van der Waals surface area contributed by atoms with Crippen molar-refractivity contribution in [2.45, 2.75) is 55.2 Å². The lowest BCUT2D eigenvalue weighted by Gasteiger charge is -2.21. The zero-order valence-corrected chi connectivity index (χ0v) is 17.9. The number of pyridine rings is 1. The monoisotopic (exact) mass is 433 g/mol. The predicted octanol–water partition coefficient (Wildman–Crippen LogP) is 3.46. The Balaban J connectivity index is 1.76. The third-order valence-electron chi connectivity index (χ3n) is 4.99. The lowest BCUT2D eigenvalue weighted by atomic mass is 9.95. The van der Waals surface area contributed by atoms with Gasteiger partial charge in [0.15, 0.2) is 6.29 Å². The number of sulfone groups is 1. The Morgan fingerprint density at radius 2 is 1.83 bits per heavy atom. The number of halogens is 1. The molecular weight excluding hydrogens is 409 g/mol. The molecule has 0 aliphatic carbocycles. The van der Waals surface area contributed by atoms with Crippen LogP contribution in [0, 0.1) is 5.95 Å². The second-order valence-corrected chi connectivity index (χ2v) is 10.2. The minimum Gasteiger partial charge on any atom is -0.350 e. The van der Waals surface area contributed by atoms with Crippen LogP contribution >= 0.6 is 0 Å². The molecule has 9 heteroatoms. The molecule has 1 saturated heterocycles. The Hall–Kier alpha value is -2.36. The molecule has 30 heavy (non-hydrogen) atoms. The van der Waals surface area contributed by atoms with Gasteiger partial charge >= 0.3 is 0 Å². The molecule has 1 aromatic carbocycles. The molecule has 160 valence electrons. The van der Waals surface area contributed by atoms with Crippen LogP contribution in [0.5, 0.6) is 0 Å². The van der Waals surface area contributed by atoms with Crippen LogP contribution in [0.25, 0.3) is 11.0 Å². The van der Waals surface area contributed by atoms with E-state index in [9.17, 15) is 12.8 Å². The van der Waals surface area contributed by atoms with E-state index in [1.165, 1.54) is 18.2 Å². The van der Waals surface area contributed by atoms with Crippen molar-refractivity contribution in [1.82, 2.24) is 14.5 Å². The fourth-order valence-electron chi connectivity index (χ4n) is 3.57. The lowest BCUT2D eigenvalue weighted by molar-refractivity contribution is -0.0490. The van der Waals surface area contributed by atoms with Gasteiger partial charge < -0.3 is 14.0 Å². The molecule has 0 bridgehead atoms. The Morgan fingerprint density at radius 3 is 2.50 bits per heavy atom. The van der Waals surface area contributed by atoms with Crippen molar-refractivity contribution in [1.29, 1.82) is 0 Å². The Kier molecular flexibility index (Phi) is 5.37. The number of fused-ring (bicyclic) bond motifs is 1. The average Bonchev–Trinajstić information content (AvgIpc) is 3.33. The number of hydrogen-bond acceptors (Lipinski definition) is 6. The summed E-state index contributed by atoms with van der Waals surface area (Å²) in [6.45, 7) is 8.01. The van der Waals surface area contributed by atoms with E-state index in [1.54, 1.807) is 6.07 Å². The van der Waals surface area contributed by atoms with Gasteiger partial charge in [0.1, 0.15) is 5.82 Å². The van der Waals surface area contributed by atoms with E-state index in [-0.39, 0.29) is 21.5 Å². The number of aromatic nitrogens is 3. The number of ether oxygens (including phenoxy) is 2. The third-order valence-corrected chi connectivity index (χ3v) is 6.74. The van der Waals surface area contributed by atoms with Crippen LogP contribution in [-0.2, 0) is 31.3 Å². The first-order valence-corrected chi connectivity index (χ1v) is 11.3. The Morgan fingerprint density at radius 1 is 1.13 bits per heavy atom. The van der Waals surface area contributed by atoms with Crippen molar-refractivity contribution >= 4 is 20.9 Å². The average molecular weight is 434 g/mol. The summed E-state index contributed by atoms with van der Waals surface area (Å²) < 4.78 is 52.5. The van der Waals surface area contributed by atoms with E-state index in [4.69, 9.17) is 14.5 Å². The summed E-state index contributed by atoms with van der Waals surface area (Å²) in [5.74, 6) is 0.00722. The Labute approximate surface area is 174 Å². The molecule has 0 amide bonds. The molecule has 1 aliphatic heterocycles. The van der Waals surface area contributed by atoms with Crippen LogP contribution in [0.1, 0.15) is 33.0 Å². The lowest BCUT2D eigenvalue weighted by Crippen LogP contribution is -2.21. The number of hydrogen-bond donors (Lipinski definition) is 0. The smallest absolute Gasteiger partial charge is 0.214 e. The molecule has 2 aromatic heterocycles. The van der Waals surface area contributed by atoms with Gasteiger partial charge in [0.05, 0.1) is 34.0 Å². The van der Waals surface area contributed by atoms with Crippen LogP contribution < -0.4 is 0 Å². The minimum atomic E-state index is -3.89. The van der Waals surface area contributed by atoms with Gasteiger partial charge in [-0.2, -0.15) is 4.39 Å². The summed E-state index contributed by atoms with van der Waals surface area (Å²) in [5, 5.41) is 0. The van der Waals surface area contributed by atoms with Gasteiger partial charge in [-0.1, -0.05) is 20.8 Å². The van der Waals surface area contributed by atoms with Gasteiger partial charge in [-0.15, -0.1) is 0 Å². The van der Waals surface area contributed by atoms with Crippen molar-refractivity contribution in [3.8, 4) is 0 Å². The van der Waals surface area contributed by atoms with Crippen molar-refractivity contribution < 1.29 is 22.3 Å². The number of nitrogens with zero attached hydrogens (tertiary/aromatic N) is 3. The molecule has 1 aliphatic rings. The maximum atomic E-state index is 13.5. The maximum Gasteiger partial charge on any atom is 0.214 e. The first-order chi connectivity index (χ1) is 14.2. The number of aryl methyl sites for hydroxylation is 1. The minimum absolute atomic E-state index is 0.0631. The summed E-state index contributed by atoms with van der Waals surface area (Å²) in [5.41, 5.74) is 1.16. The van der Waals surface area contributed by atoms with E-state index in [0.717, 1.165) is 23.6 Å². The van der Waals surface area contributed by atoms with Crippen molar-refractivity contribution in [2.75, 3.05) is 13.2 Å². The highest BCUT2D eigenvalue weighted by Gasteiger charge is 2.26. The van der Waals surface area contributed by atoms with Crippen LogP contribution in [0.15, 0.2) is 46.3 Å². The fraction of sp³-hybridized carbons (Fsp3) is 0.429. The van der Waals surface area contributed by atoms with Gasteiger partial charge in [0.2, 0.25) is 15.8 Å². The van der Waals surface area contributed by atoms with Crippen LogP contribution in [0.4, 0.5) is 4.39 Å². The van der Waals surface area contributed by atoms with E-state index in [1.807, 2.05) is 0 Å². The summed E-state index contributed by atoms with van der Waals surface area (Å²) >= 11 is 0. The van der Waals surface area contributed by atoms with Crippen LogP contribution in [-0.4, -0.2) is 42.5 Å². The standard InChI is InChI=1S/C21H24FN3O4S/c1-21(2,3)20-24-16-12-14(30(26,27)15-6-8-23-18(22)13-15)4-5-17(16)25(20)9-7-19-28-10-11-29-19/h4-6,8,12-13,19H,7,9-11H2,1-3H3. The molecule has 0 saturated carbocycles. The normalized spacial score (nSPS) is 15.9. The predicted molar refractivity (Wildman–Crippen MR) is 108 cm³/mol. The molecule has 0 unspecified atom stereocenters. The molecule has 7 nitrogen and oxygen atoms in total. The van der Waals surface area contributed by atoms with Crippen LogP contribution in [0.3, 0.4) is 0 Å². The largest absolute Gasteiger partial charge is 0.350 e. The molecule has 0 N–H and O–H groups in total. The zero-order valence-electron chi connectivity index (χ0n) is 17.1. The molecular formula is C21H24FN3O4S. The molecule has 3 aromatic rings. The van der Waals surface area contributed by atoms with Crippen molar-refractivity contribution in [3.63, 3.8) is 0 Å². The van der Waals surface area contributed by atoms with E-state index in [2.05, 4.69) is 30.3 Å². The first kappa shape index (κ1) is 20.9. The summed E-state index contributed by atoms with van der Waals surface area (Å²) in [7, 11) is -3.89. The highest BCUT2D eigenvalue weighted by molar-refractivity contribution is 7.91. The van der Waals surface area contributed by atoms with Gasteiger partial charge in [0.25, 0.3) is 0 Å². The van der Waals surface area contributed by atoms with Crippen molar-refractivity contribution in [2.24, 2.45) is 0 Å². The number of benzene rings is 1. The number of rotatable bonds is 5. The molecule has 4 rings (SSSR count). The molecule has 1 fully saturated rings. The first-order valence-electron chi connectivity index (χ1n) is 9.77. The molecule has 0 spiro atoms.